The Kier molecular flexibility index (Phi) is 5.93. The number of amides is 1. The molecule has 0 aliphatic rings. The summed E-state index contributed by atoms with van der Waals surface area (Å²) in [7, 11) is 0. The van der Waals surface area contributed by atoms with Crippen LogP contribution in [0.1, 0.15) is 21.5 Å². The first-order chi connectivity index (χ1) is 13.4. The molecular weight excluding hydrogens is 367 g/mol. The van der Waals surface area contributed by atoms with Crippen LogP contribution >= 0.6 is 0 Å². The van der Waals surface area contributed by atoms with E-state index >= 15 is 0 Å². The standard InChI is InChI=1S/C21H18F3N3O/c22-21(23,24)17-6-8-18(9-7-17)27-19-14-16(11-13-25-19)20(28)26-12-10-15-4-2-1-3-5-15/h1-9,11,13-14H,10,12H2,(H,25,27)(H,26,28). The highest BCUT2D eigenvalue weighted by atomic mass is 19.4. The van der Waals surface area contributed by atoms with Gasteiger partial charge in [0, 0.05) is 24.0 Å². The highest BCUT2D eigenvalue weighted by molar-refractivity contribution is 5.94. The lowest BCUT2D eigenvalue weighted by Gasteiger charge is -2.10. The Labute approximate surface area is 160 Å². The summed E-state index contributed by atoms with van der Waals surface area (Å²) in [5, 5.41) is 5.74. The number of hydrogen-bond donors (Lipinski definition) is 2. The second kappa shape index (κ2) is 8.56. The number of aromatic nitrogens is 1. The van der Waals surface area contributed by atoms with Crippen molar-refractivity contribution in [2.75, 3.05) is 11.9 Å². The number of hydrogen-bond acceptors (Lipinski definition) is 3. The minimum Gasteiger partial charge on any atom is -0.352 e. The van der Waals surface area contributed by atoms with Crippen LogP contribution in [0.2, 0.25) is 0 Å². The maximum Gasteiger partial charge on any atom is 0.416 e. The Bertz CT molecular complexity index is 926. The lowest BCUT2D eigenvalue weighted by molar-refractivity contribution is -0.137. The van der Waals surface area contributed by atoms with Crippen LogP contribution in [0.3, 0.4) is 0 Å². The number of carbonyl (C=O) groups excluding carboxylic acids is 1. The van der Waals surface area contributed by atoms with Crippen LogP contribution in [-0.4, -0.2) is 17.4 Å². The van der Waals surface area contributed by atoms with Gasteiger partial charge in [-0.25, -0.2) is 4.98 Å². The predicted molar refractivity (Wildman–Crippen MR) is 101 cm³/mol. The Hall–Kier alpha value is -3.35. The van der Waals surface area contributed by atoms with Gasteiger partial charge in [0.15, 0.2) is 0 Å². The molecule has 2 aromatic carbocycles. The van der Waals surface area contributed by atoms with Gasteiger partial charge < -0.3 is 10.6 Å². The number of rotatable bonds is 6. The SMILES string of the molecule is O=C(NCCc1ccccc1)c1ccnc(Nc2ccc(C(F)(F)F)cc2)c1. The molecule has 1 aromatic heterocycles. The number of alkyl halides is 3. The van der Waals surface area contributed by atoms with Gasteiger partial charge >= 0.3 is 6.18 Å². The fourth-order valence-corrected chi connectivity index (χ4v) is 2.60. The quantitative estimate of drug-likeness (QED) is 0.640. The maximum atomic E-state index is 12.6. The molecule has 7 heteroatoms. The molecular formula is C21H18F3N3O. The zero-order valence-corrected chi connectivity index (χ0v) is 14.8. The summed E-state index contributed by atoms with van der Waals surface area (Å²) < 4.78 is 37.9. The average molecular weight is 385 g/mol. The Morgan fingerprint density at radius 1 is 0.964 bits per heavy atom. The molecule has 2 N–H and O–H groups in total. The third kappa shape index (κ3) is 5.33. The van der Waals surface area contributed by atoms with E-state index in [2.05, 4.69) is 15.6 Å². The number of benzene rings is 2. The summed E-state index contributed by atoms with van der Waals surface area (Å²) in [6, 6.07) is 17.5. The summed E-state index contributed by atoms with van der Waals surface area (Å²) in [4.78, 5) is 16.4. The lowest BCUT2D eigenvalue weighted by atomic mass is 10.1. The molecule has 0 saturated heterocycles. The summed E-state index contributed by atoms with van der Waals surface area (Å²) in [6.07, 6.45) is -2.19. The van der Waals surface area contributed by atoms with Crippen LogP contribution in [-0.2, 0) is 12.6 Å². The van der Waals surface area contributed by atoms with E-state index < -0.39 is 11.7 Å². The Balaban J connectivity index is 1.59. The largest absolute Gasteiger partial charge is 0.416 e. The van der Waals surface area contributed by atoms with Gasteiger partial charge in [0.2, 0.25) is 0 Å². The lowest BCUT2D eigenvalue weighted by Crippen LogP contribution is -2.25. The Morgan fingerprint density at radius 3 is 2.36 bits per heavy atom. The van der Waals surface area contributed by atoms with Crippen molar-refractivity contribution in [1.29, 1.82) is 0 Å². The minimum absolute atomic E-state index is 0.242. The smallest absolute Gasteiger partial charge is 0.352 e. The van der Waals surface area contributed by atoms with Crippen LogP contribution in [0.5, 0.6) is 0 Å². The molecule has 0 fully saturated rings. The predicted octanol–water partition coefficient (Wildman–Crippen LogP) is 4.82. The van der Waals surface area contributed by atoms with E-state index in [9.17, 15) is 18.0 Å². The molecule has 0 saturated carbocycles. The van der Waals surface area contributed by atoms with Crippen molar-refractivity contribution in [3.63, 3.8) is 0 Å². The second-order valence-corrected chi connectivity index (χ2v) is 6.12. The first kappa shape index (κ1) is 19.4. The highest BCUT2D eigenvalue weighted by Gasteiger charge is 2.29. The molecule has 0 bridgehead atoms. The van der Waals surface area contributed by atoms with E-state index in [1.54, 1.807) is 12.1 Å². The molecule has 4 nitrogen and oxygen atoms in total. The zero-order chi connectivity index (χ0) is 20.0. The number of halogens is 3. The molecule has 144 valence electrons. The van der Waals surface area contributed by atoms with Crippen molar-refractivity contribution < 1.29 is 18.0 Å². The van der Waals surface area contributed by atoms with Crippen molar-refractivity contribution in [1.82, 2.24) is 10.3 Å². The molecule has 3 rings (SSSR count). The van der Waals surface area contributed by atoms with Crippen LogP contribution in [0, 0.1) is 0 Å². The minimum atomic E-state index is -4.38. The maximum absolute atomic E-state index is 12.6. The van der Waals surface area contributed by atoms with Gasteiger partial charge in [0.25, 0.3) is 5.91 Å². The molecule has 3 aromatic rings. The van der Waals surface area contributed by atoms with Crippen LogP contribution < -0.4 is 10.6 Å². The molecule has 0 atom stereocenters. The van der Waals surface area contributed by atoms with Gasteiger partial charge in [-0.1, -0.05) is 30.3 Å². The van der Waals surface area contributed by atoms with Crippen molar-refractivity contribution in [3.05, 3.63) is 89.6 Å². The third-order valence-corrected chi connectivity index (χ3v) is 4.05. The number of anilines is 2. The zero-order valence-electron chi connectivity index (χ0n) is 14.8. The molecule has 0 unspecified atom stereocenters. The molecule has 0 spiro atoms. The number of carbonyl (C=O) groups is 1. The Morgan fingerprint density at radius 2 is 1.68 bits per heavy atom. The molecule has 0 radical (unpaired) electrons. The van der Waals surface area contributed by atoms with E-state index in [0.717, 1.165) is 17.7 Å². The van der Waals surface area contributed by atoms with Crippen LogP contribution in [0.15, 0.2) is 72.9 Å². The first-order valence-electron chi connectivity index (χ1n) is 8.64. The number of nitrogens with zero attached hydrogens (tertiary/aromatic N) is 1. The normalized spacial score (nSPS) is 11.1. The summed E-state index contributed by atoms with van der Waals surface area (Å²) in [6.45, 7) is 0.493. The fraction of sp³-hybridized carbons (Fsp3) is 0.143. The van der Waals surface area contributed by atoms with Gasteiger partial charge in [0.1, 0.15) is 5.82 Å². The molecule has 0 aliphatic heterocycles. The second-order valence-electron chi connectivity index (χ2n) is 6.12. The molecule has 0 aliphatic carbocycles. The first-order valence-corrected chi connectivity index (χ1v) is 8.64. The number of nitrogens with one attached hydrogen (secondary N) is 2. The molecule has 1 heterocycles. The van der Waals surface area contributed by atoms with Crippen molar-refractivity contribution >= 4 is 17.4 Å². The summed E-state index contributed by atoms with van der Waals surface area (Å²) in [5.74, 6) is 0.129. The molecule has 1 amide bonds. The summed E-state index contributed by atoms with van der Waals surface area (Å²) >= 11 is 0. The van der Waals surface area contributed by atoms with E-state index in [1.807, 2.05) is 30.3 Å². The van der Waals surface area contributed by atoms with Crippen molar-refractivity contribution in [2.24, 2.45) is 0 Å². The monoisotopic (exact) mass is 385 g/mol. The van der Waals surface area contributed by atoms with E-state index in [0.29, 0.717) is 30.0 Å². The van der Waals surface area contributed by atoms with Gasteiger partial charge in [-0.15, -0.1) is 0 Å². The van der Waals surface area contributed by atoms with Crippen LogP contribution in [0.25, 0.3) is 0 Å². The highest BCUT2D eigenvalue weighted by Crippen LogP contribution is 2.30. The van der Waals surface area contributed by atoms with Gasteiger partial charge in [-0.2, -0.15) is 13.2 Å². The summed E-state index contributed by atoms with van der Waals surface area (Å²) in [5.41, 5.74) is 1.26. The molecule has 28 heavy (non-hydrogen) atoms. The van der Waals surface area contributed by atoms with Gasteiger partial charge in [-0.3, -0.25) is 4.79 Å². The van der Waals surface area contributed by atoms with E-state index in [1.165, 1.54) is 18.3 Å². The van der Waals surface area contributed by atoms with Gasteiger partial charge in [0.05, 0.1) is 5.56 Å². The topological polar surface area (TPSA) is 54.0 Å². The third-order valence-electron chi connectivity index (χ3n) is 4.05. The van der Waals surface area contributed by atoms with Crippen molar-refractivity contribution in [3.8, 4) is 0 Å². The van der Waals surface area contributed by atoms with E-state index in [4.69, 9.17) is 0 Å². The van der Waals surface area contributed by atoms with Crippen LogP contribution in [0.4, 0.5) is 24.7 Å². The van der Waals surface area contributed by atoms with E-state index in [-0.39, 0.29) is 5.91 Å². The van der Waals surface area contributed by atoms with Crippen molar-refractivity contribution in [2.45, 2.75) is 12.6 Å². The average Bonchev–Trinajstić information content (AvgIpc) is 2.69. The fourth-order valence-electron chi connectivity index (χ4n) is 2.60. The number of pyridine rings is 1. The van der Waals surface area contributed by atoms with Gasteiger partial charge in [-0.05, 0) is 48.4 Å².